The van der Waals surface area contributed by atoms with Crippen molar-refractivity contribution in [3.05, 3.63) is 27.2 Å². The van der Waals surface area contributed by atoms with Crippen molar-refractivity contribution in [1.29, 1.82) is 0 Å². The van der Waals surface area contributed by atoms with E-state index in [1.54, 1.807) is 0 Å². The fourth-order valence-electron chi connectivity index (χ4n) is 3.23. The number of benzene rings is 1. The minimum atomic E-state index is -0.257. The highest BCUT2D eigenvalue weighted by Crippen LogP contribution is 2.32. The number of aromatic amines is 1. The molecule has 0 saturated heterocycles. The Kier molecular flexibility index (Phi) is 4.00. The van der Waals surface area contributed by atoms with Crippen molar-refractivity contribution in [2.45, 2.75) is 39.2 Å². The molecule has 1 saturated carbocycles. The summed E-state index contributed by atoms with van der Waals surface area (Å²) in [4.78, 5) is 3.12. The van der Waals surface area contributed by atoms with Gasteiger partial charge in [0.2, 0.25) is 0 Å². The number of aromatic nitrogens is 2. The molecule has 1 aliphatic rings. The minimum Gasteiger partial charge on any atom is -0.330 e. The SMILES string of the molecule is CC1CCCCC1Cn1c(=S)[nH]c2cc(F)c(Br)cc21. The summed E-state index contributed by atoms with van der Waals surface area (Å²) in [6.07, 6.45) is 5.22. The van der Waals surface area contributed by atoms with Gasteiger partial charge in [-0.2, -0.15) is 0 Å². The van der Waals surface area contributed by atoms with E-state index in [1.165, 1.54) is 31.7 Å². The lowest BCUT2D eigenvalue weighted by Crippen LogP contribution is -2.22. The van der Waals surface area contributed by atoms with Crippen LogP contribution in [0.15, 0.2) is 16.6 Å². The number of hydrogen-bond acceptors (Lipinski definition) is 1. The standard InChI is InChI=1S/C15H18BrFN2S/c1-9-4-2-3-5-10(9)8-19-14-6-11(16)12(17)7-13(14)18-15(19)20/h6-7,9-10H,2-5,8H2,1H3,(H,18,20). The maximum atomic E-state index is 13.6. The van der Waals surface area contributed by atoms with Crippen molar-refractivity contribution >= 4 is 39.2 Å². The normalized spacial score (nSPS) is 23.4. The number of hydrogen-bond donors (Lipinski definition) is 1. The van der Waals surface area contributed by atoms with Gasteiger partial charge >= 0.3 is 0 Å². The zero-order valence-corrected chi connectivity index (χ0v) is 13.9. The van der Waals surface area contributed by atoms with Crippen molar-refractivity contribution in [2.24, 2.45) is 11.8 Å². The molecule has 108 valence electrons. The molecule has 1 aromatic heterocycles. The second-order valence-corrected chi connectivity index (χ2v) is 7.09. The van der Waals surface area contributed by atoms with Gasteiger partial charge in [0, 0.05) is 12.6 Å². The molecule has 2 unspecified atom stereocenters. The molecule has 0 amide bonds. The molecule has 0 spiro atoms. The van der Waals surface area contributed by atoms with Gasteiger partial charge in [0.25, 0.3) is 0 Å². The number of nitrogens with one attached hydrogen (secondary N) is 1. The molecule has 0 bridgehead atoms. The molecule has 2 atom stereocenters. The van der Waals surface area contributed by atoms with Crippen LogP contribution in [0.2, 0.25) is 0 Å². The second-order valence-electron chi connectivity index (χ2n) is 5.85. The van der Waals surface area contributed by atoms with E-state index >= 15 is 0 Å². The summed E-state index contributed by atoms with van der Waals surface area (Å²) < 4.78 is 16.9. The van der Waals surface area contributed by atoms with Crippen molar-refractivity contribution in [3.63, 3.8) is 0 Å². The van der Waals surface area contributed by atoms with Crippen LogP contribution >= 0.6 is 28.1 Å². The van der Waals surface area contributed by atoms with E-state index in [-0.39, 0.29) is 5.82 Å². The van der Waals surface area contributed by atoms with Crippen LogP contribution < -0.4 is 0 Å². The Bertz CT molecular complexity index is 691. The molecule has 1 aliphatic carbocycles. The third-order valence-corrected chi connectivity index (χ3v) is 5.45. The summed E-state index contributed by atoms with van der Waals surface area (Å²) in [7, 11) is 0. The maximum Gasteiger partial charge on any atom is 0.178 e. The molecule has 2 nitrogen and oxygen atoms in total. The lowest BCUT2D eigenvalue weighted by molar-refractivity contribution is 0.230. The van der Waals surface area contributed by atoms with Gasteiger partial charge in [-0.3, -0.25) is 0 Å². The fraction of sp³-hybridized carbons (Fsp3) is 0.533. The first-order valence-corrected chi connectivity index (χ1v) is 8.34. The van der Waals surface area contributed by atoms with Gasteiger partial charge in [-0.25, -0.2) is 4.39 Å². The average Bonchev–Trinajstić information content (AvgIpc) is 2.69. The van der Waals surface area contributed by atoms with Crippen molar-refractivity contribution in [1.82, 2.24) is 9.55 Å². The molecule has 1 aromatic carbocycles. The van der Waals surface area contributed by atoms with Crippen LogP contribution in [0.5, 0.6) is 0 Å². The summed E-state index contributed by atoms with van der Waals surface area (Å²) in [6, 6.07) is 3.33. The van der Waals surface area contributed by atoms with Crippen LogP contribution in [0.1, 0.15) is 32.6 Å². The zero-order valence-electron chi connectivity index (χ0n) is 11.5. The van der Waals surface area contributed by atoms with Gasteiger partial charge in [-0.05, 0) is 52.5 Å². The average molecular weight is 357 g/mol. The van der Waals surface area contributed by atoms with Crippen molar-refractivity contribution < 1.29 is 4.39 Å². The molecular formula is C15H18BrFN2S. The van der Waals surface area contributed by atoms with E-state index in [0.29, 0.717) is 15.2 Å². The Morgan fingerprint density at radius 2 is 2.15 bits per heavy atom. The van der Waals surface area contributed by atoms with Crippen molar-refractivity contribution in [3.8, 4) is 0 Å². The summed E-state index contributed by atoms with van der Waals surface area (Å²) in [6.45, 7) is 3.26. The van der Waals surface area contributed by atoms with E-state index < -0.39 is 0 Å². The molecule has 3 rings (SSSR count). The van der Waals surface area contributed by atoms with Gasteiger partial charge in [-0.15, -0.1) is 0 Å². The highest BCUT2D eigenvalue weighted by molar-refractivity contribution is 9.10. The van der Waals surface area contributed by atoms with Crippen molar-refractivity contribution in [2.75, 3.05) is 0 Å². The van der Waals surface area contributed by atoms with Gasteiger partial charge < -0.3 is 9.55 Å². The highest BCUT2D eigenvalue weighted by Gasteiger charge is 2.22. The Morgan fingerprint density at radius 3 is 2.90 bits per heavy atom. The minimum absolute atomic E-state index is 0.257. The quantitative estimate of drug-likeness (QED) is 0.711. The molecule has 0 radical (unpaired) electrons. The van der Waals surface area contributed by atoms with Crippen LogP contribution in [-0.4, -0.2) is 9.55 Å². The van der Waals surface area contributed by atoms with Gasteiger partial charge in [0.1, 0.15) is 5.82 Å². The van der Waals surface area contributed by atoms with Crippen LogP contribution in [0.3, 0.4) is 0 Å². The number of imidazole rings is 1. The Hall–Kier alpha value is -0.680. The Balaban J connectivity index is 2.00. The van der Waals surface area contributed by atoms with E-state index in [4.69, 9.17) is 12.2 Å². The van der Waals surface area contributed by atoms with E-state index in [0.717, 1.165) is 23.5 Å². The highest BCUT2D eigenvalue weighted by atomic mass is 79.9. The molecule has 1 fully saturated rings. The molecule has 0 aliphatic heterocycles. The summed E-state index contributed by atoms with van der Waals surface area (Å²) >= 11 is 8.68. The Morgan fingerprint density at radius 1 is 1.40 bits per heavy atom. The van der Waals surface area contributed by atoms with Gasteiger partial charge in [0.15, 0.2) is 4.77 Å². The van der Waals surface area contributed by atoms with Gasteiger partial charge in [0.05, 0.1) is 15.5 Å². The predicted octanol–water partition coefficient (Wildman–Crippen LogP) is 5.43. The van der Waals surface area contributed by atoms with E-state index in [1.807, 2.05) is 6.07 Å². The second kappa shape index (κ2) is 5.60. The predicted molar refractivity (Wildman–Crippen MR) is 85.9 cm³/mol. The molecule has 1 heterocycles. The largest absolute Gasteiger partial charge is 0.330 e. The monoisotopic (exact) mass is 356 g/mol. The number of nitrogens with zero attached hydrogens (tertiary/aromatic N) is 1. The smallest absolute Gasteiger partial charge is 0.178 e. The molecule has 5 heteroatoms. The van der Waals surface area contributed by atoms with E-state index in [2.05, 4.69) is 32.4 Å². The van der Waals surface area contributed by atoms with Crippen LogP contribution in [0.4, 0.5) is 4.39 Å². The first-order valence-electron chi connectivity index (χ1n) is 7.14. The summed E-state index contributed by atoms with van der Waals surface area (Å²) in [5.74, 6) is 1.14. The number of rotatable bonds is 2. The first-order chi connectivity index (χ1) is 9.56. The van der Waals surface area contributed by atoms with Crippen LogP contribution in [0, 0.1) is 22.4 Å². The van der Waals surface area contributed by atoms with Crippen LogP contribution in [0.25, 0.3) is 11.0 Å². The zero-order chi connectivity index (χ0) is 14.3. The molecule has 2 aromatic rings. The number of H-pyrrole nitrogens is 1. The number of fused-ring (bicyclic) bond motifs is 1. The lowest BCUT2D eigenvalue weighted by atomic mass is 9.80. The summed E-state index contributed by atoms with van der Waals surface area (Å²) in [5.41, 5.74) is 1.76. The topological polar surface area (TPSA) is 20.7 Å². The molecule has 20 heavy (non-hydrogen) atoms. The fourth-order valence-corrected chi connectivity index (χ4v) is 3.85. The van der Waals surface area contributed by atoms with Gasteiger partial charge in [-0.1, -0.05) is 26.2 Å². The van der Waals surface area contributed by atoms with Crippen LogP contribution in [-0.2, 0) is 6.54 Å². The Labute approximate surface area is 131 Å². The number of halogens is 2. The third kappa shape index (κ3) is 2.58. The third-order valence-electron chi connectivity index (χ3n) is 4.52. The first kappa shape index (κ1) is 14.3. The molecule has 1 N–H and O–H groups in total. The van der Waals surface area contributed by atoms with E-state index in [9.17, 15) is 4.39 Å². The molecular weight excluding hydrogens is 339 g/mol. The lowest BCUT2D eigenvalue weighted by Gasteiger charge is -2.29. The maximum absolute atomic E-state index is 13.6. The summed E-state index contributed by atoms with van der Waals surface area (Å²) in [5, 5.41) is 0.